The van der Waals surface area contributed by atoms with E-state index in [9.17, 15) is 5.11 Å². The van der Waals surface area contributed by atoms with Crippen molar-refractivity contribution in [3.63, 3.8) is 0 Å². The van der Waals surface area contributed by atoms with Gasteiger partial charge in [-0.2, -0.15) is 0 Å². The number of hydrogen-bond donors (Lipinski definition) is 2. The number of nitrogens with zero attached hydrogens (tertiary/aromatic N) is 2. The lowest BCUT2D eigenvalue weighted by molar-refractivity contribution is 0.208. The van der Waals surface area contributed by atoms with Gasteiger partial charge in [-0.05, 0) is 26.3 Å². The van der Waals surface area contributed by atoms with E-state index in [1.807, 2.05) is 20.8 Å². The maximum Gasteiger partial charge on any atom is 0.188 e. The number of nitrogens with two attached hydrogens (primary N) is 1. The Bertz CT molecular complexity index is 320. The second kappa shape index (κ2) is 5.44. The average Bonchev–Trinajstić information content (AvgIpc) is 2.22. The fourth-order valence-corrected chi connectivity index (χ4v) is 1.93. The maximum atomic E-state index is 9.31. The van der Waals surface area contributed by atoms with Crippen molar-refractivity contribution in [2.24, 2.45) is 5.73 Å². The van der Waals surface area contributed by atoms with Crippen LogP contribution in [0.15, 0.2) is 5.16 Å². The van der Waals surface area contributed by atoms with Gasteiger partial charge in [-0.25, -0.2) is 9.97 Å². The summed E-state index contributed by atoms with van der Waals surface area (Å²) in [5, 5.41) is 10.0. The van der Waals surface area contributed by atoms with Gasteiger partial charge in [-0.1, -0.05) is 11.8 Å². The highest BCUT2D eigenvalue weighted by molar-refractivity contribution is 7.99. The summed E-state index contributed by atoms with van der Waals surface area (Å²) in [6.45, 7) is 6.21. The molecular weight excluding hydrogens is 210 g/mol. The summed E-state index contributed by atoms with van der Waals surface area (Å²) in [4.78, 5) is 8.68. The summed E-state index contributed by atoms with van der Waals surface area (Å²) in [5.74, 6) is 0.540. The smallest absolute Gasteiger partial charge is 0.188 e. The molecule has 0 aromatic carbocycles. The third-order valence-electron chi connectivity index (χ3n) is 2.29. The maximum absolute atomic E-state index is 9.31. The molecule has 0 spiro atoms. The topological polar surface area (TPSA) is 72.0 Å². The number of hydrogen-bond acceptors (Lipinski definition) is 5. The van der Waals surface area contributed by atoms with Crippen molar-refractivity contribution in [1.82, 2.24) is 9.97 Å². The zero-order valence-electron chi connectivity index (χ0n) is 9.32. The third kappa shape index (κ3) is 3.44. The zero-order valence-corrected chi connectivity index (χ0v) is 10.1. The van der Waals surface area contributed by atoms with Gasteiger partial charge >= 0.3 is 0 Å². The Hall–Kier alpha value is -0.650. The minimum absolute atomic E-state index is 0.275. The first-order valence-corrected chi connectivity index (χ1v) is 5.86. The standard InChI is InChI=1S/C10H17N3OS/c1-6-7(2)12-10(13-8(6)3)15-5-9(14)4-11/h9,14H,4-5,11H2,1-3H3. The normalized spacial score (nSPS) is 12.9. The molecule has 1 atom stereocenters. The predicted molar refractivity (Wildman–Crippen MR) is 62.0 cm³/mol. The third-order valence-corrected chi connectivity index (χ3v) is 3.28. The van der Waals surface area contributed by atoms with Crippen molar-refractivity contribution in [3.8, 4) is 0 Å². The fourth-order valence-electron chi connectivity index (χ4n) is 1.04. The molecule has 0 fully saturated rings. The van der Waals surface area contributed by atoms with E-state index >= 15 is 0 Å². The van der Waals surface area contributed by atoms with Crippen LogP contribution in [0.25, 0.3) is 0 Å². The zero-order chi connectivity index (χ0) is 11.4. The molecule has 3 N–H and O–H groups in total. The van der Waals surface area contributed by atoms with Gasteiger partial charge in [0.1, 0.15) is 0 Å². The predicted octanol–water partition coefficient (Wildman–Crippen LogP) is 0.814. The van der Waals surface area contributed by atoms with Gasteiger partial charge in [0.2, 0.25) is 0 Å². The molecule has 5 heteroatoms. The lowest BCUT2D eigenvalue weighted by Crippen LogP contribution is -2.22. The molecule has 1 aromatic rings. The SMILES string of the molecule is Cc1nc(SCC(O)CN)nc(C)c1C. The molecule has 0 radical (unpaired) electrons. The highest BCUT2D eigenvalue weighted by Crippen LogP contribution is 2.17. The molecule has 0 saturated heterocycles. The Balaban J connectivity index is 2.70. The van der Waals surface area contributed by atoms with Crippen molar-refractivity contribution in [2.45, 2.75) is 32.0 Å². The molecule has 1 aromatic heterocycles. The van der Waals surface area contributed by atoms with Gasteiger partial charge in [0, 0.05) is 23.7 Å². The minimum Gasteiger partial charge on any atom is -0.391 e. The monoisotopic (exact) mass is 227 g/mol. The Labute approximate surface area is 94.3 Å². The van der Waals surface area contributed by atoms with Crippen LogP contribution in [0.5, 0.6) is 0 Å². The number of aryl methyl sites for hydroxylation is 2. The molecule has 0 amide bonds. The van der Waals surface area contributed by atoms with E-state index in [0.29, 0.717) is 10.9 Å². The molecule has 0 aliphatic heterocycles. The molecule has 1 heterocycles. The van der Waals surface area contributed by atoms with Gasteiger partial charge in [-0.3, -0.25) is 0 Å². The van der Waals surface area contributed by atoms with Crippen LogP contribution < -0.4 is 5.73 Å². The molecule has 0 bridgehead atoms. The van der Waals surface area contributed by atoms with Crippen LogP contribution >= 0.6 is 11.8 Å². The van der Waals surface area contributed by atoms with E-state index in [1.54, 1.807) is 0 Å². The van der Waals surface area contributed by atoms with E-state index in [4.69, 9.17) is 5.73 Å². The second-order valence-electron chi connectivity index (χ2n) is 3.50. The van der Waals surface area contributed by atoms with Gasteiger partial charge < -0.3 is 10.8 Å². The first-order valence-electron chi connectivity index (χ1n) is 4.87. The molecule has 0 saturated carbocycles. The van der Waals surface area contributed by atoms with Crippen LogP contribution in [0.1, 0.15) is 17.0 Å². The Morgan fingerprint density at radius 2 is 1.80 bits per heavy atom. The summed E-state index contributed by atoms with van der Waals surface area (Å²) in [5.41, 5.74) is 8.43. The van der Waals surface area contributed by atoms with Crippen molar-refractivity contribution < 1.29 is 5.11 Å². The number of aliphatic hydroxyl groups excluding tert-OH is 1. The second-order valence-corrected chi connectivity index (χ2v) is 4.49. The highest BCUT2D eigenvalue weighted by atomic mass is 32.2. The Kier molecular flexibility index (Phi) is 4.50. The van der Waals surface area contributed by atoms with E-state index < -0.39 is 6.10 Å². The molecule has 15 heavy (non-hydrogen) atoms. The number of aromatic nitrogens is 2. The minimum atomic E-state index is -0.486. The summed E-state index contributed by atoms with van der Waals surface area (Å²) < 4.78 is 0. The van der Waals surface area contributed by atoms with Crippen LogP contribution in [-0.2, 0) is 0 Å². The Morgan fingerprint density at radius 1 is 1.27 bits per heavy atom. The van der Waals surface area contributed by atoms with Gasteiger partial charge in [-0.15, -0.1) is 0 Å². The molecule has 4 nitrogen and oxygen atoms in total. The van der Waals surface area contributed by atoms with Crippen molar-refractivity contribution >= 4 is 11.8 Å². The summed E-state index contributed by atoms with van der Waals surface area (Å²) in [7, 11) is 0. The molecular formula is C10H17N3OS. The Morgan fingerprint density at radius 3 is 2.27 bits per heavy atom. The van der Waals surface area contributed by atoms with E-state index in [-0.39, 0.29) is 6.54 Å². The lowest BCUT2D eigenvalue weighted by Gasteiger charge is -2.08. The molecule has 1 unspecified atom stereocenters. The first kappa shape index (κ1) is 12.4. The van der Waals surface area contributed by atoms with Crippen LogP contribution in [0, 0.1) is 20.8 Å². The lowest BCUT2D eigenvalue weighted by atomic mass is 10.2. The van der Waals surface area contributed by atoms with E-state index in [2.05, 4.69) is 9.97 Å². The van der Waals surface area contributed by atoms with Crippen LogP contribution in [0.2, 0.25) is 0 Å². The molecule has 1 rings (SSSR count). The fraction of sp³-hybridized carbons (Fsp3) is 0.600. The largest absolute Gasteiger partial charge is 0.391 e. The highest BCUT2D eigenvalue weighted by Gasteiger charge is 2.07. The van der Waals surface area contributed by atoms with Crippen LogP contribution in [0.4, 0.5) is 0 Å². The molecule has 0 aliphatic carbocycles. The van der Waals surface area contributed by atoms with Crippen molar-refractivity contribution in [2.75, 3.05) is 12.3 Å². The number of rotatable bonds is 4. The molecule has 84 valence electrons. The van der Waals surface area contributed by atoms with Crippen molar-refractivity contribution in [1.29, 1.82) is 0 Å². The number of aliphatic hydroxyl groups is 1. The summed E-state index contributed by atoms with van der Waals surface area (Å²) >= 11 is 1.44. The summed E-state index contributed by atoms with van der Waals surface area (Å²) in [6.07, 6.45) is -0.486. The van der Waals surface area contributed by atoms with Gasteiger partial charge in [0.15, 0.2) is 5.16 Å². The molecule has 0 aliphatic rings. The number of thioether (sulfide) groups is 1. The average molecular weight is 227 g/mol. The van der Waals surface area contributed by atoms with E-state index in [1.165, 1.54) is 11.8 Å². The van der Waals surface area contributed by atoms with Crippen LogP contribution in [0.3, 0.4) is 0 Å². The summed E-state index contributed by atoms with van der Waals surface area (Å²) in [6, 6.07) is 0. The van der Waals surface area contributed by atoms with Gasteiger partial charge in [0.25, 0.3) is 0 Å². The van der Waals surface area contributed by atoms with E-state index in [0.717, 1.165) is 17.0 Å². The van der Waals surface area contributed by atoms with Crippen molar-refractivity contribution in [3.05, 3.63) is 17.0 Å². The quantitative estimate of drug-likeness (QED) is 0.588. The van der Waals surface area contributed by atoms with Crippen LogP contribution in [-0.4, -0.2) is 33.5 Å². The first-order chi connectivity index (χ1) is 7.04. The van der Waals surface area contributed by atoms with Gasteiger partial charge in [0.05, 0.1) is 6.10 Å².